The Morgan fingerprint density at radius 3 is 1.43 bits per heavy atom. The molecule has 4 rings (SSSR count). The van der Waals surface area contributed by atoms with E-state index in [4.69, 9.17) is 5.11 Å². The maximum Gasteiger partial charge on any atom is 1.00 e. The van der Waals surface area contributed by atoms with Gasteiger partial charge in [-0.25, -0.2) is 22.5 Å². The molecule has 4 heterocycles. The number of carbonyl (C=O) groups is 1. The van der Waals surface area contributed by atoms with E-state index < -0.39 is 11.9 Å². The topological polar surface area (TPSA) is 88.9 Å². The Bertz CT molecular complexity index is 1180. The average molecular weight is 695 g/mol. The summed E-state index contributed by atoms with van der Waals surface area (Å²) in [7, 11) is 0. The summed E-state index contributed by atoms with van der Waals surface area (Å²) in [4.78, 5) is 25.4. The number of aliphatic hydroxyl groups excluding tert-OH is 1. The van der Waals surface area contributed by atoms with Gasteiger partial charge in [-0.1, -0.05) is 15.9 Å². The summed E-state index contributed by atoms with van der Waals surface area (Å²) < 4.78 is 49.3. The van der Waals surface area contributed by atoms with Crippen molar-refractivity contribution in [1.82, 2.24) is 19.9 Å². The van der Waals surface area contributed by atoms with E-state index in [1.54, 1.807) is 19.1 Å². The van der Waals surface area contributed by atoms with Gasteiger partial charge in [0.15, 0.2) is 5.78 Å². The van der Waals surface area contributed by atoms with Gasteiger partial charge in [0, 0.05) is 15.3 Å². The van der Waals surface area contributed by atoms with Crippen LogP contribution in [0.1, 0.15) is 55.0 Å². The summed E-state index contributed by atoms with van der Waals surface area (Å²) >= 11 is 6.39. The normalized spacial score (nSPS) is 10.8. The van der Waals surface area contributed by atoms with Crippen LogP contribution in [-0.4, -0.2) is 39.2 Å². The second-order valence-corrected chi connectivity index (χ2v) is 9.50. The van der Waals surface area contributed by atoms with Crippen molar-refractivity contribution in [2.75, 3.05) is 0 Å². The van der Waals surface area contributed by atoms with Gasteiger partial charge in [0.05, 0.1) is 47.1 Å². The van der Waals surface area contributed by atoms with E-state index in [0.717, 1.165) is 24.3 Å². The molecular weight excluding hydrogens is 670 g/mol. The molecule has 0 aromatic carbocycles. The molecule has 0 saturated heterocycles. The Morgan fingerprint density at radius 2 is 1.15 bits per heavy atom. The number of alkyl halides is 1. The first-order valence-electron chi connectivity index (χ1n) is 10.8. The maximum absolute atomic E-state index is 12.3. The van der Waals surface area contributed by atoms with Gasteiger partial charge < -0.3 is 6.53 Å². The van der Waals surface area contributed by atoms with E-state index >= 15 is 0 Å². The van der Waals surface area contributed by atoms with Crippen LogP contribution in [0.25, 0.3) is 0 Å². The van der Waals surface area contributed by atoms with Gasteiger partial charge in [0.1, 0.15) is 33.6 Å². The van der Waals surface area contributed by atoms with Gasteiger partial charge in [-0.2, -0.15) is 0 Å². The second-order valence-electron chi connectivity index (χ2n) is 7.31. The summed E-state index contributed by atoms with van der Waals surface area (Å²) in [5.74, 6) is -1.57. The van der Waals surface area contributed by atoms with Crippen molar-refractivity contribution in [2.45, 2.75) is 31.7 Å². The van der Waals surface area contributed by atoms with Gasteiger partial charge in [-0.05, 0) is 78.3 Å². The molecular formula is C26H25BBr2F4N4NaO2. The second kappa shape index (κ2) is 21.7. The van der Waals surface area contributed by atoms with E-state index in [1.807, 2.05) is 6.92 Å². The van der Waals surface area contributed by atoms with Crippen molar-refractivity contribution >= 4 is 46.1 Å². The number of hydrogen-bond donors (Lipinski definition) is 1. The summed E-state index contributed by atoms with van der Waals surface area (Å²) in [6, 6.07) is 11.3. The van der Waals surface area contributed by atoms with Gasteiger partial charge >= 0.3 is 29.6 Å². The molecule has 0 aliphatic carbocycles. The van der Waals surface area contributed by atoms with Crippen molar-refractivity contribution in [2.24, 2.45) is 0 Å². The van der Waals surface area contributed by atoms with Crippen LogP contribution >= 0.6 is 31.9 Å². The van der Waals surface area contributed by atoms with E-state index in [1.165, 1.54) is 49.5 Å². The first kappa shape index (κ1) is 40.1. The van der Waals surface area contributed by atoms with Crippen LogP contribution in [0.4, 0.5) is 17.6 Å². The number of halogens is 6. The van der Waals surface area contributed by atoms with Gasteiger partial charge in [-0.15, -0.1) is 0 Å². The molecule has 3 radical (unpaired) electrons. The Hall–Kier alpha value is -2.03. The Morgan fingerprint density at radius 1 is 0.750 bits per heavy atom. The monoisotopic (exact) mass is 693 g/mol. The number of ketones is 1. The van der Waals surface area contributed by atoms with E-state index in [0.29, 0.717) is 16.0 Å². The zero-order valence-corrected chi connectivity index (χ0v) is 27.2. The molecule has 2 atom stereocenters. The third kappa shape index (κ3) is 17.6. The van der Waals surface area contributed by atoms with Gasteiger partial charge in [0.2, 0.25) is 0 Å². The SMILES string of the molecule is CC(=O)c1ccc(F)cn1.CC(Br)c1ccc(F)cn1.CC(O)c1ccc(F)cn1.Fc1ccc(Br)nc1.[B].[H-].[Na+]. The van der Waals surface area contributed by atoms with Gasteiger partial charge in [0.25, 0.3) is 0 Å². The van der Waals surface area contributed by atoms with Crippen molar-refractivity contribution < 1.29 is 58.4 Å². The van der Waals surface area contributed by atoms with Crippen molar-refractivity contribution in [3.05, 3.63) is 118 Å². The fourth-order valence-corrected chi connectivity index (χ4v) is 2.70. The van der Waals surface area contributed by atoms with Crippen LogP contribution in [-0.2, 0) is 0 Å². The van der Waals surface area contributed by atoms with E-state index in [-0.39, 0.29) is 67.5 Å². The molecule has 14 heteroatoms. The molecule has 2 unspecified atom stereocenters. The van der Waals surface area contributed by atoms with Gasteiger partial charge in [-0.3, -0.25) is 19.7 Å². The number of nitrogens with zero attached hydrogens (tertiary/aromatic N) is 4. The predicted octanol–water partition coefficient (Wildman–Crippen LogP) is 4.09. The standard InChI is InChI=1S/C7H7BrFN.C7H8FNO.C7H6FNO.C5H3BrFN.B.Na.H/c1-5(8)7-3-2-6(9)4-10-7;2*1-5(10)7-3-2-6(8)4-9-7;6-5-2-1-4(7)3-8-5;;;/h2-5H,1H3;2-5,10H,1H3;2-4H,1H3;1-3H;;;/q;;;;;+1;-1. The number of rotatable bonds is 3. The molecule has 0 amide bonds. The Balaban J connectivity index is -0.000000460. The number of aliphatic hydroxyl groups is 1. The zero-order valence-electron chi connectivity index (χ0n) is 23.1. The summed E-state index contributed by atoms with van der Waals surface area (Å²) in [5.41, 5.74) is 1.63. The minimum absolute atomic E-state index is 0. The third-order valence-corrected chi connectivity index (χ3v) is 5.05. The van der Waals surface area contributed by atoms with Crippen molar-refractivity contribution in [3.63, 3.8) is 0 Å². The summed E-state index contributed by atoms with van der Waals surface area (Å²) in [6.45, 7) is 4.92. The average Bonchev–Trinajstić information content (AvgIpc) is 2.88. The Labute approximate surface area is 272 Å². The molecule has 40 heavy (non-hydrogen) atoms. The van der Waals surface area contributed by atoms with Crippen LogP contribution in [0.5, 0.6) is 0 Å². The molecule has 4 aromatic rings. The molecule has 0 aliphatic rings. The van der Waals surface area contributed by atoms with E-state index in [2.05, 4.69) is 51.8 Å². The quantitative estimate of drug-likeness (QED) is 0.114. The Kier molecular flexibility index (Phi) is 21.7. The van der Waals surface area contributed by atoms with Crippen molar-refractivity contribution in [1.29, 1.82) is 0 Å². The minimum Gasteiger partial charge on any atom is -1.00 e. The van der Waals surface area contributed by atoms with Crippen LogP contribution < -0.4 is 29.6 Å². The predicted molar refractivity (Wildman–Crippen MR) is 149 cm³/mol. The minimum atomic E-state index is -0.624. The first-order valence-corrected chi connectivity index (χ1v) is 12.5. The van der Waals surface area contributed by atoms with Crippen LogP contribution in [0, 0.1) is 23.3 Å². The molecule has 0 aliphatic heterocycles. The zero-order chi connectivity index (χ0) is 28.7. The molecule has 4 aromatic heterocycles. The van der Waals surface area contributed by atoms with Crippen LogP contribution in [0.3, 0.4) is 0 Å². The van der Waals surface area contributed by atoms with Crippen LogP contribution in [0.15, 0.2) is 77.9 Å². The number of pyridine rings is 4. The summed E-state index contributed by atoms with van der Waals surface area (Å²) in [5, 5.41) is 8.93. The molecule has 0 saturated carbocycles. The van der Waals surface area contributed by atoms with Crippen LogP contribution in [0.2, 0.25) is 0 Å². The molecule has 0 fully saturated rings. The first-order chi connectivity index (χ1) is 17.9. The number of carbonyl (C=O) groups excluding carboxylic acids is 1. The number of aromatic nitrogens is 4. The van der Waals surface area contributed by atoms with Crippen molar-refractivity contribution in [3.8, 4) is 0 Å². The molecule has 0 bridgehead atoms. The summed E-state index contributed by atoms with van der Waals surface area (Å²) in [6.07, 6.45) is 3.86. The third-order valence-electron chi connectivity index (χ3n) is 4.12. The van der Waals surface area contributed by atoms with E-state index in [9.17, 15) is 22.4 Å². The molecule has 207 valence electrons. The maximum atomic E-state index is 12.3. The fourth-order valence-electron chi connectivity index (χ4n) is 2.20. The fraction of sp³-hybridized carbons (Fsp3) is 0.192. The largest absolute Gasteiger partial charge is 1.00 e. The molecule has 0 spiro atoms. The smallest absolute Gasteiger partial charge is 1.00 e. The molecule has 1 N–H and O–H groups in total. The number of hydrogen-bond acceptors (Lipinski definition) is 6. The molecule has 6 nitrogen and oxygen atoms in total. The number of Topliss-reactive ketones (excluding diaryl/α,β-unsaturated/α-hetero) is 1.